The van der Waals surface area contributed by atoms with Crippen LogP contribution in [0.2, 0.25) is 0 Å². The van der Waals surface area contributed by atoms with Gasteiger partial charge in [0.15, 0.2) is 11.5 Å². The highest BCUT2D eigenvalue weighted by Gasteiger charge is 2.29. The van der Waals surface area contributed by atoms with Crippen LogP contribution in [0.25, 0.3) is 0 Å². The van der Waals surface area contributed by atoms with Gasteiger partial charge in [0.2, 0.25) is 0 Å². The Balaban J connectivity index is 2.57. The molecule has 100 valence electrons. The molecule has 0 unspecified atom stereocenters. The Hall–Kier alpha value is -0.810. The lowest BCUT2D eigenvalue weighted by Crippen LogP contribution is -2.24. The van der Waals surface area contributed by atoms with Crippen LogP contribution in [0.15, 0.2) is 10.5 Å². The largest absolute Gasteiger partial charge is 0.490 e. The molecule has 0 aliphatic carbocycles. The fourth-order valence-electron chi connectivity index (χ4n) is 1.82. The van der Waals surface area contributed by atoms with E-state index in [1.54, 1.807) is 19.9 Å². The standard InChI is InChI=1S/C13H16BrFO3/c1-13(2,7-16)8-6-9-12(10(14)11(8)15)18-5-3-4-17-9/h6,16H,3-5,7H2,1-2H3. The van der Waals surface area contributed by atoms with Crippen LogP contribution in [0.5, 0.6) is 11.5 Å². The Kier molecular flexibility index (Phi) is 3.82. The second-order valence-electron chi connectivity index (χ2n) is 4.97. The van der Waals surface area contributed by atoms with E-state index >= 15 is 0 Å². The molecule has 3 nitrogen and oxygen atoms in total. The zero-order chi connectivity index (χ0) is 13.3. The molecule has 1 aliphatic rings. The van der Waals surface area contributed by atoms with E-state index in [1.165, 1.54) is 0 Å². The number of aliphatic hydroxyl groups excluding tert-OH is 1. The van der Waals surface area contributed by atoms with Crippen molar-refractivity contribution in [2.24, 2.45) is 0 Å². The third-order valence-electron chi connectivity index (χ3n) is 3.04. The summed E-state index contributed by atoms with van der Waals surface area (Å²) in [6, 6.07) is 1.62. The SMILES string of the molecule is CC(C)(CO)c1cc2c(c(Br)c1F)OCCCO2. The first kappa shape index (κ1) is 13.6. The lowest BCUT2D eigenvalue weighted by molar-refractivity contribution is 0.214. The Bertz CT molecular complexity index is 460. The summed E-state index contributed by atoms with van der Waals surface area (Å²) in [7, 11) is 0. The van der Waals surface area contributed by atoms with Crippen molar-refractivity contribution >= 4 is 15.9 Å². The van der Waals surface area contributed by atoms with Crippen LogP contribution in [0, 0.1) is 5.82 Å². The summed E-state index contributed by atoms with van der Waals surface area (Å²) in [5.41, 5.74) is -0.252. The summed E-state index contributed by atoms with van der Waals surface area (Å²) in [6.45, 7) is 4.47. The number of hydrogen-bond donors (Lipinski definition) is 1. The summed E-state index contributed by atoms with van der Waals surface area (Å²) < 4.78 is 25.6. The van der Waals surface area contributed by atoms with Crippen molar-refractivity contribution in [1.29, 1.82) is 0 Å². The van der Waals surface area contributed by atoms with E-state index < -0.39 is 11.2 Å². The molecule has 5 heteroatoms. The molecule has 0 saturated heterocycles. The summed E-state index contributed by atoms with van der Waals surface area (Å²) in [5, 5.41) is 9.37. The van der Waals surface area contributed by atoms with E-state index in [0.29, 0.717) is 30.3 Å². The van der Waals surface area contributed by atoms with Gasteiger partial charge in [-0.1, -0.05) is 13.8 Å². The lowest BCUT2D eigenvalue weighted by Gasteiger charge is -2.25. The van der Waals surface area contributed by atoms with E-state index in [2.05, 4.69) is 15.9 Å². The van der Waals surface area contributed by atoms with Crippen molar-refractivity contribution in [2.75, 3.05) is 19.8 Å². The molecule has 18 heavy (non-hydrogen) atoms. The molecule has 2 rings (SSSR count). The molecular formula is C13H16BrFO3. The molecule has 0 spiro atoms. The predicted octanol–water partition coefficient (Wildman–Crippen LogP) is 3.02. The molecule has 0 amide bonds. The summed E-state index contributed by atoms with van der Waals surface area (Å²) >= 11 is 3.21. The molecule has 0 saturated carbocycles. The monoisotopic (exact) mass is 318 g/mol. The summed E-state index contributed by atoms with van der Waals surface area (Å²) in [4.78, 5) is 0. The zero-order valence-electron chi connectivity index (χ0n) is 10.4. The first-order chi connectivity index (χ1) is 8.47. The third kappa shape index (κ3) is 2.34. The fraction of sp³-hybridized carbons (Fsp3) is 0.538. The van der Waals surface area contributed by atoms with Gasteiger partial charge in [-0.3, -0.25) is 0 Å². The van der Waals surface area contributed by atoms with Crippen LogP contribution in [-0.2, 0) is 5.41 Å². The molecule has 1 aromatic carbocycles. The Morgan fingerprint density at radius 2 is 2.06 bits per heavy atom. The average molecular weight is 319 g/mol. The molecule has 0 radical (unpaired) electrons. The maximum atomic E-state index is 14.3. The minimum Gasteiger partial charge on any atom is -0.490 e. The van der Waals surface area contributed by atoms with Crippen molar-refractivity contribution in [1.82, 2.24) is 0 Å². The van der Waals surface area contributed by atoms with E-state index in [9.17, 15) is 9.50 Å². The average Bonchev–Trinajstić information content (AvgIpc) is 2.58. The first-order valence-electron chi connectivity index (χ1n) is 5.86. The van der Waals surface area contributed by atoms with Crippen LogP contribution < -0.4 is 9.47 Å². The maximum absolute atomic E-state index is 14.3. The van der Waals surface area contributed by atoms with Crippen LogP contribution in [-0.4, -0.2) is 24.9 Å². The van der Waals surface area contributed by atoms with Crippen LogP contribution >= 0.6 is 15.9 Å². The van der Waals surface area contributed by atoms with E-state index in [-0.39, 0.29) is 11.1 Å². The van der Waals surface area contributed by atoms with E-state index in [0.717, 1.165) is 6.42 Å². The minimum absolute atomic E-state index is 0.143. The third-order valence-corrected chi connectivity index (χ3v) is 3.75. The molecule has 1 heterocycles. The summed E-state index contributed by atoms with van der Waals surface area (Å²) in [6.07, 6.45) is 0.765. The van der Waals surface area contributed by atoms with Gasteiger partial charge in [0, 0.05) is 17.4 Å². The smallest absolute Gasteiger partial charge is 0.178 e. The van der Waals surface area contributed by atoms with Gasteiger partial charge in [-0.25, -0.2) is 4.39 Å². The predicted molar refractivity (Wildman–Crippen MR) is 69.8 cm³/mol. The van der Waals surface area contributed by atoms with Gasteiger partial charge in [0.1, 0.15) is 5.82 Å². The minimum atomic E-state index is -0.669. The molecule has 0 fully saturated rings. The molecule has 0 aromatic heterocycles. The van der Waals surface area contributed by atoms with E-state index in [4.69, 9.17) is 9.47 Å². The maximum Gasteiger partial charge on any atom is 0.178 e. The number of rotatable bonds is 2. The zero-order valence-corrected chi connectivity index (χ0v) is 12.0. The van der Waals surface area contributed by atoms with Gasteiger partial charge < -0.3 is 14.6 Å². The van der Waals surface area contributed by atoms with Gasteiger partial charge in [0.25, 0.3) is 0 Å². The number of hydrogen-bond acceptors (Lipinski definition) is 3. The highest BCUT2D eigenvalue weighted by atomic mass is 79.9. The van der Waals surface area contributed by atoms with Crippen LogP contribution in [0.1, 0.15) is 25.8 Å². The second kappa shape index (κ2) is 5.05. The van der Waals surface area contributed by atoms with E-state index in [1.807, 2.05) is 0 Å². The molecule has 0 atom stereocenters. The van der Waals surface area contributed by atoms with Crippen molar-refractivity contribution in [3.8, 4) is 11.5 Å². The number of ether oxygens (including phenoxy) is 2. The number of aliphatic hydroxyl groups is 1. The van der Waals surface area contributed by atoms with Crippen molar-refractivity contribution in [3.05, 3.63) is 21.9 Å². The Morgan fingerprint density at radius 1 is 1.39 bits per heavy atom. The molecule has 1 N–H and O–H groups in total. The molecule has 0 bridgehead atoms. The van der Waals surface area contributed by atoms with Crippen molar-refractivity contribution in [3.63, 3.8) is 0 Å². The van der Waals surface area contributed by atoms with Crippen molar-refractivity contribution in [2.45, 2.75) is 25.7 Å². The fourth-order valence-corrected chi connectivity index (χ4v) is 2.34. The van der Waals surface area contributed by atoms with Gasteiger partial charge in [-0.2, -0.15) is 0 Å². The van der Waals surface area contributed by atoms with Gasteiger partial charge in [-0.15, -0.1) is 0 Å². The van der Waals surface area contributed by atoms with Crippen molar-refractivity contribution < 1.29 is 19.0 Å². The van der Waals surface area contributed by atoms with Gasteiger partial charge >= 0.3 is 0 Å². The Morgan fingerprint density at radius 3 is 2.72 bits per heavy atom. The summed E-state index contributed by atoms with van der Waals surface area (Å²) in [5.74, 6) is 0.526. The van der Waals surface area contributed by atoms with Crippen LogP contribution in [0.3, 0.4) is 0 Å². The normalized spacial score (nSPS) is 15.4. The quantitative estimate of drug-likeness (QED) is 0.911. The first-order valence-corrected chi connectivity index (χ1v) is 6.65. The number of halogens is 2. The number of fused-ring (bicyclic) bond motifs is 1. The second-order valence-corrected chi connectivity index (χ2v) is 5.76. The number of benzene rings is 1. The molecule has 1 aliphatic heterocycles. The van der Waals surface area contributed by atoms with Crippen LogP contribution in [0.4, 0.5) is 4.39 Å². The highest BCUT2D eigenvalue weighted by Crippen LogP contribution is 2.43. The molecular weight excluding hydrogens is 303 g/mol. The van der Waals surface area contributed by atoms with Gasteiger partial charge in [0.05, 0.1) is 24.3 Å². The Labute approximate surface area is 114 Å². The topological polar surface area (TPSA) is 38.7 Å². The van der Waals surface area contributed by atoms with Gasteiger partial charge in [-0.05, 0) is 22.0 Å². The highest BCUT2D eigenvalue weighted by molar-refractivity contribution is 9.10. The molecule has 1 aromatic rings. The lowest BCUT2D eigenvalue weighted by atomic mass is 9.85.